The molecule has 0 aliphatic rings. The third kappa shape index (κ3) is 4.11. The van der Waals surface area contributed by atoms with E-state index in [9.17, 15) is 0 Å². The zero-order chi connectivity index (χ0) is 11.1. The molecule has 0 radical (unpaired) electrons. The van der Waals surface area contributed by atoms with Gasteiger partial charge in [0.05, 0.1) is 6.07 Å². The number of hydrogen-bond donors (Lipinski definition) is 1. The Labute approximate surface area is 91.3 Å². The Bertz CT molecular complexity index is 313. The predicted molar refractivity (Wildman–Crippen MR) is 61.4 cm³/mol. The van der Waals surface area contributed by atoms with E-state index in [0.29, 0.717) is 0 Å². The van der Waals surface area contributed by atoms with Crippen molar-refractivity contribution in [3.63, 3.8) is 0 Å². The van der Waals surface area contributed by atoms with Gasteiger partial charge in [0.2, 0.25) is 0 Å². The Kier molecular flexibility index (Phi) is 4.82. The van der Waals surface area contributed by atoms with E-state index in [1.165, 1.54) is 0 Å². The highest BCUT2D eigenvalue weighted by Crippen LogP contribution is 2.10. The van der Waals surface area contributed by atoms with Gasteiger partial charge in [-0.05, 0) is 19.7 Å². The van der Waals surface area contributed by atoms with Crippen molar-refractivity contribution in [1.29, 1.82) is 5.26 Å². The van der Waals surface area contributed by atoms with Gasteiger partial charge in [0.15, 0.2) is 0 Å². The fraction of sp³-hybridized carbons (Fsp3) is 0.417. The number of nitriles is 1. The third-order valence-corrected chi connectivity index (χ3v) is 2.17. The minimum Gasteiger partial charge on any atom is -0.308 e. The molecular formula is C12H17N3. The van der Waals surface area contributed by atoms with E-state index >= 15 is 0 Å². The summed E-state index contributed by atoms with van der Waals surface area (Å²) in [5.41, 5.74) is 1.03. The predicted octanol–water partition coefficient (Wildman–Crippen LogP) is 1.40. The molecule has 15 heavy (non-hydrogen) atoms. The molecule has 0 aliphatic heterocycles. The molecule has 0 saturated carbocycles. The molecule has 0 amide bonds. The van der Waals surface area contributed by atoms with Gasteiger partial charge >= 0.3 is 0 Å². The van der Waals surface area contributed by atoms with Gasteiger partial charge in [0.1, 0.15) is 6.04 Å². The minimum absolute atomic E-state index is 0.203. The molecule has 0 heterocycles. The van der Waals surface area contributed by atoms with Crippen molar-refractivity contribution in [2.75, 3.05) is 27.2 Å². The molecule has 1 aromatic rings. The third-order valence-electron chi connectivity index (χ3n) is 2.17. The van der Waals surface area contributed by atoms with Crippen LogP contribution in [0, 0.1) is 11.3 Å². The van der Waals surface area contributed by atoms with Crippen molar-refractivity contribution < 1.29 is 0 Å². The van der Waals surface area contributed by atoms with Gasteiger partial charge in [-0.25, -0.2) is 0 Å². The quantitative estimate of drug-likeness (QED) is 0.786. The van der Waals surface area contributed by atoms with Crippen molar-refractivity contribution >= 4 is 0 Å². The average molecular weight is 203 g/mol. The molecule has 1 rings (SSSR count). The van der Waals surface area contributed by atoms with E-state index in [1.807, 2.05) is 44.4 Å². The zero-order valence-electron chi connectivity index (χ0n) is 9.27. The maximum absolute atomic E-state index is 9.02. The fourth-order valence-electron chi connectivity index (χ4n) is 1.32. The highest BCUT2D eigenvalue weighted by molar-refractivity contribution is 5.23. The Hall–Kier alpha value is -1.37. The van der Waals surface area contributed by atoms with Crippen LogP contribution >= 0.6 is 0 Å². The lowest BCUT2D eigenvalue weighted by atomic mass is 10.1. The van der Waals surface area contributed by atoms with E-state index in [0.717, 1.165) is 18.7 Å². The largest absolute Gasteiger partial charge is 0.308 e. The molecule has 1 N–H and O–H groups in total. The van der Waals surface area contributed by atoms with Crippen LogP contribution in [0.1, 0.15) is 11.6 Å². The number of nitrogens with one attached hydrogen (secondary N) is 1. The Morgan fingerprint density at radius 2 is 2.00 bits per heavy atom. The molecule has 0 bridgehead atoms. The molecule has 0 saturated heterocycles. The SMILES string of the molecule is CN(C)CCNC(C#N)c1ccccc1. The van der Waals surface area contributed by atoms with Crippen LogP contribution in [0.15, 0.2) is 30.3 Å². The summed E-state index contributed by atoms with van der Waals surface area (Å²) < 4.78 is 0. The van der Waals surface area contributed by atoms with Crippen LogP contribution in [0.3, 0.4) is 0 Å². The molecule has 1 unspecified atom stereocenters. The number of nitrogens with zero attached hydrogens (tertiary/aromatic N) is 2. The molecular weight excluding hydrogens is 186 g/mol. The Morgan fingerprint density at radius 1 is 1.33 bits per heavy atom. The van der Waals surface area contributed by atoms with Gasteiger partial charge in [0.25, 0.3) is 0 Å². The summed E-state index contributed by atoms with van der Waals surface area (Å²) in [6.07, 6.45) is 0. The van der Waals surface area contributed by atoms with Gasteiger partial charge in [-0.1, -0.05) is 30.3 Å². The van der Waals surface area contributed by atoms with Crippen molar-refractivity contribution in [2.45, 2.75) is 6.04 Å². The van der Waals surface area contributed by atoms with Gasteiger partial charge in [-0.3, -0.25) is 5.32 Å². The normalized spacial score (nSPS) is 12.4. The van der Waals surface area contributed by atoms with Gasteiger partial charge in [-0.2, -0.15) is 5.26 Å². The second kappa shape index (κ2) is 6.18. The monoisotopic (exact) mass is 203 g/mol. The van der Waals surface area contributed by atoms with E-state index in [4.69, 9.17) is 5.26 Å². The summed E-state index contributed by atoms with van der Waals surface area (Å²) in [5.74, 6) is 0. The number of hydrogen-bond acceptors (Lipinski definition) is 3. The standard InChI is InChI=1S/C12H17N3/c1-15(2)9-8-14-12(10-13)11-6-4-3-5-7-11/h3-7,12,14H,8-9H2,1-2H3. The lowest BCUT2D eigenvalue weighted by Gasteiger charge is -2.14. The Morgan fingerprint density at radius 3 is 2.53 bits per heavy atom. The summed E-state index contributed by atoms with van der Waals surface area (Å²) in [7, 11) is 4.04. The lowest BCUT2D eigenvalue weighted by molar-refractivity contribution is 0.395. The van der Waals surface area contributed by atoms with Gasteiger partial charge in [0, 0.05) is 13.1 Å². The smallest absolute Gasteiger partial charge is 0.121 e. The van der Waals surface area contributed by atoms with Crippen LogP contribution in [-0.2, 0) is 0 Å². The van der Waals surface area contributed by atoms with Gasteiger partial charge < -0.3 is 4.90 Å². The van der Waals surface area contributed by atoms with E-state index in [-0.39, 0.29) is 6.04 Å². The second-order valence-electron chi connectivity index (χ2n) is 3.73. The molecule has 1 atom stereocenters. The molecule has 80 valence electrons. The highest BCUT2D eigenvalue weighted by atomic mass is 15.1. The number of rotatable bonds is 5. The first-order valence-electron chi connectivity index (χ1n) is 5.06. The van der Waals surface area contributed by atoms with Gasteiger partial charge in [-0.15, -0.1) is 0 Å². The molecule has 1 aromatic carbocycles. The molecule has 0 aliphatic carbocycles. The van der Waals surface area contributed by atoms with Crippen molar-refractivity contribution in [2.24, 2.45) is 0 Å². The molecule has 3 nitrogen and oxygen atoms in total. The van der Waals surface area contributed by atoms with Crippen molar-refractivity contribution in [3.8, 4) is 6.07 Å². The van der Waals surface area contributed by atoms with Crippen LogP contribution in [0.4, 0.5) is 0 Å². The van der Waals surface area contributed by atoms with Crippen molar-refractivity contribution in [1.82, 2.24) is 10.2 Å². The Balaban J connectivity index is 2.48. The average Bonchev–Trinajstić information content (AvgIpc) is 2.25. The summed E-state index contributed by atoms with van der Waals surface area (Å²) in [4.78, 5) is 2.09. The molecule has 0 spiro atoms. The maximum Gasteiger partial charge on any atom is 0.121 e. The topological polar surface area (TPSA) is 39.1 Å². The molecule has 3 heteroatoms. The first-order chi connectivity index (χ1) is 7.24. The zero-order valence-corrected chi connectivity index (χ0v) is 9.27. The van der Waals surface area contributed by atoms with Crippen LogP contribution < -0.4 is 5.32 Å². The van der Waals surface area contributed by atoms with E-state index in [2.05, 4.69) is 16.3 Å². The van der Waals surface area contributed by atoms with Crippen LogP contribution in [0.2, 0.25) is 0 Å². The van der Waals surface area contributed by atoms with Crippen LogP contribution in [-0.4, -0.2) is 32.1 Å². The fourth-order valence-corrected chi connectivity index (χ4v) is 1.32. The number of likely N-dealkylation sites (N-methyl/N-ethyl adjacent to an activating group) is 1. The summed E-state index contributed by atoms with van der Waals surface area (Å²) >= 11 is 0. The highest BCUT2D eigenvalue weighted by Gasteiger charge is 2.07. The molecule has 0 fully saturated rings. The van der Waals surface area contributed by atoms with E-state index in [1.54, 1.807) is 0 Å². The first-order valence-corrected chi connectivity index (χ1v) is 5.06. The number of benzene rings is 1. The van der Waals surface area contributed by atoms with Crippen LogP contribution in [0.5, 0.6) is 0 Å². The minimum atomic E-state index is -0.203. The molecule has 0 aromatic heterocycles. The lowest BCUT2D eigenvalue weighted by Crippen LogP contribution is -2.29. The van der Waals surface area contributed by atoms with Crippen LogP contribution in [0.25, 0.3) is 0 Å². The first kappa shape index (κ1) is 11.7. The summed E-state index contributed by atoms with van der Waals surface area (Å²) in [5, 5.41) is 12.2. The maximum atomic E-state index is 9.02. The summed E-state index contributed by atoms with van der Waals surface area (Å²) in [6, 6.07) is 11.9. The van der Waals surface area contributed by atoms with Crippen molar-refractivity contribution in [3.05, 3.63) is 35.9 Å². The van der Waals surface area contributed by atoms with E-state index < -0.39 is 0 Å². The second-order valence-corrected chi connectivity index (χ2v) is 3.73. The summed E-state index contributed by atoms with van der Waals surface area (Å²) in [6.45, 7) is 1.76.